The third-order valence-electron chi connectivity index (χ3n) is 6.99. The van der Waals surface area contributed by atoms with Gasteiger partial charge in [-0.05, 0) is 44.0 Å². The van der Waals surface area contributed by atoms with Crippen molar-refractivity contribution in [3.05, 3.63) is 36.0 Å². The minimum atomic E-state index is -0.307. The van der Waals surface area contributed by atoms with E-state index in [9.17, 15) is 9.59 Å². The summed E-state index contributed by atoms with van der Waals surface area (Å²) >= 11 is 0. The van der Waals surface area contributed by atoms with Crippen LogP contribution in [0.5, 0.6) is 5.75 Å². The molecule has 3 fully saturated rings. The van der Waals surface area contributed by atoms with Gasteiger partial charge < -0.3 is 24.3 Å². The molecule has 2 aromatic rings. The fraction of sp³-hybridized carbons (Fsp3) is 0.520. The second-order valence-electron chi connectivity index (χ2n) is 9.28. The topological polar surface area (TPSA) is 82.1 Å². The SMILES string of the molecule is COc1ccc(N2CC(C(=O)N3CCN(c4nc(C)cc(N5CCCC5)n4)CC3)CC2=O)cc1. The van der Waals surface area contributed by atoms with Crippen molar-refractivity contribution >= 4 is 29.3 Å². The molecule has 9 nitrogen and oxygen atoms in total. The van der Waals surface area contributed by atoms with Crippen molar-refractivity contribution in [2.75, 3.05) is 67.6 Å². The molecule has 4 heterocycles. The molecule has 34 heavy (non-hydrogen) atoms. The van der Waals surface area contributed by atoms with Crippen LogP contribution in [0, 0.1) is 12.8 Å². The number of hydrogen-bond acceptors (Lipinski definition) is 7. The van der Waals surface area contributed by atoms with E-state index in [0.717, 1.165) is 42.0 Å². The van der Waals surface area contributed by atoms with Crippen LogP contribution in [0.2, 0.25) is 0 Å². The first-order valence-electron chi connectivity index (χ1n) is 12.1. The van der Waals surface area contributed by atoms with Gasteiger partial charge in [0.15, 0.2) is 0 Å². The van der Waals surface area contributed by atoms with Crippen LogP contribution in [-0.2, 0) is 9.59 Å². The molecule has 180 valence electrons. The van der Waals surface area contributed by atoms with Crippen LogP contribution in [0.15, 0.2) is 30.3 Å². The molecule has 5 rings (SSSR count). The summed E-state index contributed by atoms with van der Waals surface area (Å²) in [6.45, 7) is 7.14. The molecule has 9 heteroatoms. The summed E-state index contributed by atoms with van der Waals surface area (Å²) in [5.74, 6) is 2.23. The standard InChI is InChI=1S/C25H32N6O3/c1-18-15-22(28-9-3-4-10-28)27-25(26-18)30-13-11-29(12-14-30)24(33)19-16-23(32)31(17-19)20-5-7-21(34-2)8-6-20/h5-8,15,19H,3-4,9-14,16-17H2,1-2H3. The number of anilines is 3. The molecule has 1 aromatic heterocycles. The van der Waals surface area contributed by atoms with Gasteiger partial charge in [-0.25, -0.2) is 4.98 Å². The van der Waals surface area contributed by atoms with Crippen molar-refractivity contribution in [2.45, 2.75) is 26.2 Å². The molecule has 0 bridgehead atoms. The lowest BCUT2D eigenvalue weighted by Crippen LogP contribution is -2.51. The maximum Gasteiger partial charge on any atom is 0.228 e. The van der Waals surface area contributed by atoms with Crippen molar-refractivity contribution < 1.29 is 14.3 Å². The Kier molecular flexibility index (Phi) is 6.26. The van der Waals surface area contributed by atoms with E-state index in [1.165, 1.54) is 12.8 Å². The Balaban J connectivity index is 1.20. The number of piperazine rings is 1. The lowest BCUT2D eigenvalue weighted by atomic mass is 10.1. The van der Waals surface area contributed by atoms with Gasteiger partial charge >= 0.3 is 0 Å². The number of aryl methyl sites for hydroxylation is 1. The average Bonchev–Trinajstić information content (AvgIpc) is 3.54. The number of amides is 2. The predicted octanol–water partition coefficient (Wildman–Crippen LogP) is 2.10. The van der Waals surface area contributed by atoms with Gasteiger partial charge in [0.25, 0.3) is 0 Å². The summed E-state index contributed by atoms with van der Waals surface area (Å²) in [5.41, 5.74) is 1.77. The third-order valence-corrected chi connectivity index (χ3v) is 6.99. The lowest BCUT2D eigenvalue weighted by molar-refractivity contribution is -0.136. The molecule has 0 spiro atoms. The summed E-state index contributed by atoms with van der Waals surface area (Å²) in [6, 6.07) is 9.44. The molecule has 0 radical (unpaired) electrons. The maximum atomic E-state index is 13.2. The van der Waals surface area contributed by atoms with Gasteiger partial charge in [0.05, 0.1) is 13.0 Å². The van der Waals surface area contributed by atoms with Crippen LogP contribution in [0.1, 0.15) is 25.0 Å². The van der Waals surface area contributed by atoms with Crippen LogP contribution in [0.4, 0.5) is 17.5 Å². The van der Waals surface area contributed by atoms with E-state index in [0.29, 0.717) is 32.7 Å². The summed E-state index contributed by atoms with van der Waals surface area (Å²) in [4.78, 5) is 43.4. The van der Waals surface area contributed by atoms with E-state index in [2.05, 4.69) is 20.9 Å². The first kappa shape index (κ1) is 22.4. The first-order chi connectivity index (χ1) is 16.5. The molecule has 1 unspecified atom stereocenters. The number of methoxy groups -OCH3 is 1. The van der Waals surface area contributed by atoms with Crippen molar-refractivity contribution in [3.63, 3.8) is 0 Å². The molecule has 1 aromatic carbocycles. The zero-order chi connectivity index (χ0) is 23.7. The number of ether oxygens (including phenoxy) is 1. The van der Waals surface area contributed by atoms with Crippen molar-refractivity contribution in [1.29, 1.82) is 0 Å². The Morgan fingerprint density at radius 2 is 1.68 bits per heavy atom. The normalized spacial score (nSPS) is 20.9. The highest BCUT2D eigenvalue weighted by molar-refractivity contribution is 6.00. The second kappa shape index (κ2) is 9.48. The first-order valence-corrected chi connectivity index (χ1v) is 12.1. The number of hydrogen-bond donors (Lipinski definition) is 0. The quantitative estimate of drug-likeness (QED) is 0.670. The Morgan fingerprint density at radius 3 is 2.35 bits per heavy atom. The fourth-order valence-electron chi connectivity index (χ4n) is 5.06. The van der Waals surface area contributed by atoms with Crippen molar-refractivity contribution in [2.24, 2.45) is 5.92 Å². The summed E-state index contributed by atoms with van der Waals surface area (Å²) in [7, 11) is 1.61. The number of aromatic nitrogens is 2. The highest BCUT2D eigenvalue weighted by atomic mass is 16.5. The van der Waals surface area contributed by atoms with Crippen LogP contribution in [-0.4, -0.2) is 79.6 Å². The number of nitrogens with zero attached hydrogens (tertiary/aromatic N) is 6. The van der Waals surface area contributed by atoms with Gasteiger partial charge in [-0.1, -0.05) is 0 Å². The second-order valence-corrected chi connectivity index (χ2v) is 9.28. The zero-order valence-electron chi connectivity index (χ0n) is 19.9. The zero-order valence-corrected chi connectivity index (χ0v) is 19.9. The summed E-state index contributed by atoms with van der Waals surface area (Å²) in [5, 5.41) is 0. The van der Waals surface area contributed by atoms with E-state index < -0.39 is 0 Å². The molecule has 3 aliphatic heterocycles. The van der Waals surface area contributed by atoms with Gasteiger partial charge in [-0.15, -0.1) is 0 Å². The lowest BCUT2D eigenvalue weighted by Gasteiger charge is -2.36. The molecule has 3 aliphatic rings. The molecular weight excluding hydrogens is 432 g/mol. The molecular formula is C25H32N6O3. The van der Waals surface area contributed by atoms with Crippen LogP contribution in [0.3, 0.4) is 0 Å². The van der Waals surface area contributed by atoms with Crippen LogP contribution in [0.25, 0.3) is 0 Å². The maximum absolute atomic E-state index is 13.2. The number of carbonyl (C=O) groups excluding carboxylic acids is 2. The molecule has 0 N–H and O–H groups in total. The molecule has 0 saturated carbocycles. The van der Waals surface area contributed by atoms with Crippen LogP contribution >= 0.6 is 0 Å². The third kappa shape index (κ3) is 4.51. The molecule has 1 atom stereocenters. The van der Waals surface area contributed by atoms with E-state index >= 15 is 0 Å². The minimum Gasteiger partial charge on any atom is -0.497 e. The number of benzene rings is 1. The Hall–Kier alpha value is -3.36. The van der Waals surface area contributed by atoms with Gasteiger partial charge in [-0.2, -0.15) is 4.98 Å². The van der Waals surface area contributed by atoms with E-state index in [-0.39, 0.29) is 24.2 Å². The Labute approximate surface area is 200 Å². The molecule has 2 amide bonds. The highest BCUT2D eigenvalue weighted by Gasteiger charge is 2.38. The number of rotatable bonds is 5. The number of carbonyl (C=O) groups is 2. The van der Waals surface area contributed by atoms with Crippen molar-refractivity contribution in [1.82, 2.24) is 14.9 Å². The smallest absolute Gasteiger partial charge is 0.228 e. The van der Waals surface area contributed by atoms with Gasteiger partial charge in [0, 0.05) is 69.7 Å². The minimum absolute atomic E-state index is 0.00949. The van der Waals surface area contributed by atoms with Crippen LogP contribution < -0.4 is 19.4 Å². The Morgan fingerprint density at radius 1 is 0.971 bits per heavy atom. The monoisotopic (exact) mass is 464 g/mol. The summed E-state index contributed by atoms with van der Waals surface area (Å²) in [6.07, 6.45) is 2.67. The van der Waals surface area contributed by atoms with E-state index in [1.54, 1.807) is 12.0 Å². The largest absolute Gasteiger partial charge is 0.497 e. The van der Waals surface area contributed by atoms with Crippen molar-refractivity contribution in [3.8, 4) is 5.75 Å². The average molecular weight is 465 g/mol. The van der Waals surface area contributed by atoms with Gasteiger partial charge in [0.2, 0.25) is 17.8 Å². The van der Waals surface area contributed by atoms with Gasteiger partial charge in [-0.3, -0.25) is 9.59 Å². The van der Waals surface area contributed by atoms with E-state index in [1.807, 2.05) is 36.1 Å². The highest BCUT2D eigenvalue weighted by Crippen LogP contribution is 2.28. The molecule has 0 aliphatic carbocycles. The van der Waals surface area contributed by atoms with Gasteiger partial charge in [0.1, 0.15) is 11.6 Å². The molecule has 3 saturated heterocycles. The summed E-state index contributed by atoms with van der Waals surface area (Å²) < 4.78 is 5.20. The fourth-order valence-corrected chi connectivity index (χ4v) is 5.06. The van der Waals surface area contributed by atoms with E-state index in [4.69, 9.17) is 9.72 Å². The Bertz CT molecular complexity index is 1050. The predicted molar refractivity (Wildman–Crippen MR) is 130 cm³/mol.